The Labute approximate surface area is 470 Å². The Morgan fingerprint density at radius 1 is 0.524 bits per heavy atom. The summed E-state index contributed by atoms with van der Waals surface area (Å²) in [5, 5.41) is 62.8. The van der Waals surface area contributed by atoms with Crippen molar-refractivity contribution in [1.29, 1.82) is 0 Å². The number of H-pyrrole nitrogens is 4. The molecule has 12 aromatic heterocycles. The first-order chi connectivity index (χ1) is 42.3. The second kappa shape index (κ2) is 25.5. The van der Waals surface area contributed by atoms with E-state index in [0.29, 0.717) is 40.2 Å². The number of rotatable bonds is 19. The molecule has 0 bridgehead atoms. The van der Waals surface area contributed by atoms with Gasteiger partial charge in [-0.15, -0.1) is 45.5 Å². The zero-order valence-corrected chi connectivity index (χ0v) is 44.3. The number of nitrogens with one attached hydrogen (secondary N) is 4. The highest BCUT2D eigenvalue weighted by atomic mass is 16.6. The van der Waals surface area contributed by atoms with Crippen molar-refractivity contribution >= 4 is 6.08 Å². The Morgan fingerprint density at radius 3 is 1.26 bits per heavy atom. The molecule has 12 rings (SSSR count). The molecule has 0 fully saturated rings. The zero-order valence-electron chi connectivity index (χ0n) is 48.3. The number of hydrogen-bond acceptors (Lipinski definition) is 29. The molecule has 12 heterocycles. The predicted octanol–water partition coefficient (Wildman–Crippen LogP) is -1.64. The van der Waals surface area contributed by atoms with Gasteiger partial charge in [-0.3, -0.25) is 20.4 Å². The lowest BCUT2D eigenvalue weighted by Gasteiger charge is -2.04. The molecule has 0 saturated heterocycles. The molecule has 4 N–H and O–H groups in total. The largest absolute Gasteiger partial charge is 0.475 e. The van der Waals surface area contributed by atoms with Crippen LogP contribution in [0.25, 0.3) is 29.6 Å². The normalized spacial score (nSPS) is 11.4. The van der Waals surface area contributed by atoms with Crippen molar-refractivity contribution < 1.29 is 47.4 Å². The number of nitrogens with zero attached hydrogens (tertiary/aromatic N) is 24. The Bertz CT molecular complexity index is 4640. The summed E-state index contributed by atoms with van der Waals surface area (Å²) in [6.45, 7) is 7.49. The minimum absolute atomic E-state index is 0.0141. The number of aromatic amines is 4. The minimum Gasteiger partial charge on any atom is -0.475 e. The number of ether oxygens (including phenoxy) is 5. The zero-order chi connectivity index (χ0) is 62.8. The molecule has 0 aliphatic rings. The number of tetrazole rings is 4. The van der Waals surface area contributed by atoms with Gasteiger partial charge in [0.15, 0.2) is 11.3 Å². The molecule has 0 radical (unpaired) electrons. The van der Waals surface area contributed by atoms with E-state index in [1.165, 1.54) is 77.3 Å². The van der Waals surface area contributed by atoms with Crippen LogP contribution in [0.2, 0.25) is 5.65 Å². The van der Waals surface area contributed by atoms with Crippen LogP contribution in [0.3, 0.4) is 0 Å². The minimum atomic E-state index is -0.517. The lowest BCUT2D eigenvalue weighted by Crippen LogP contribution is -2.22. The van der Waals surface area contributed by atoms with Gasteiger partial charge in [0.25, 0.3) is 29.4 Å². The van der Waals surface area contributed by atoms with Crippen LogP contribution in [0, 0.1) is 19.3 Å². The Morgan fingerprint density at radius 2 is 0.881 bits per heavy atom. The van der Waals surface area contributed by atoms with E-state index in [0.717, 1.165) is 57.8 Å². The fraction of sp³-hybridized carbons (Fsp3) is 0.256. The highest BCUT2D eigenvalue weighted by molar-refractivity contribution is 5.51. The van der Waals surface area contributed by atoms with Crippen molar-refractivity contribution in [1.82, 2.24) is 141 Å². The SMILES string of the molecule is [3H]n1ccc(OCc2c(C#C)noc2-n2nnn(C)c2=O)n1.[3H]n1ccc(OCc2c(C)noc2-n2nnn(C)c2=O)n1.[3H]n1ccc(OCc2c(C=C)noc2-n2nnn(C)c2=O)n1.[3H]n1ccc(OCc2c(OCC)noc2-n2nnn(C)c2=O)n1. The molecule has 0 atom stereocenters. The van der Waals surface area contributed by atoms with E-state index in [9.17, 15) is 19.2 Å². The molecular weight excluding hydrogens is 1120 g/mol. The first-order valence-electron chi connectivity index (χ1n) is 25.5. The lowest BCUT2D eigenvalue weighted by molar-refractivity contribution is 0.271. The van der Waals surface area contributed by atoms with Crippen molar-refractivity contribution in [2.75, 3.05) is 6.61 Å². The smallest absolute Gasteiger partial charge is 0.370 e. The van der Waals surface area contributed by atoms with Gasteiger partial charge < -0.3 is 41.8 Å². The van der Waals surface area contributed by atoms with Crippen LogP contribution in [0.4, 0.5) is 0 Å². The number of aromatic nitrogens is 28. The van der Waals surface area contributed by atoms with Gasteiger partial charge >= 0.3 is 22.8 Å². The van der Waals surface area contributed by atoms with Gasteiger partial charge in [-0.1, -0.05) is 22.0 Å². The number of terminal acetylenes is 1. The second-order valence-corrected chi connectivity index (χ2v) is 16.1. The van der Waals surface area contributed by atoms with Crippen LogP contribution in [0.1, 0.15) is 46.3 Å². The third kappa shape index (κ3) is 12.3. The summed E-state index contributed by atoms with van der Waals surface area (Å²) in [6.07, 6.45) is 12.5. The molecule has 0 aliphatic heterocycles. The highest BCUT2D eigenvalue weighted by Gasteiger charge is 2.26. The molecule has 0 unspecified atom stereocenters. The molecule has 434 valence electrons. The van der Waals surface area contributed by atoms with E-state index < -0.39 is 22.8 Å². The van der Waals surface area contributed by atoms with Crippen molar-refractivity contribution in [3.05, 3.63) is 137 Å². The number of aryl methyl sites for hydroxylation is 5. The van der Waals surface area contributed by atoms with Crippen molar-refractivity contribution in [2.45, 2.75) is 40.3 Å². The molecule has 84 heavy (non-hydrogen) atoms. The van der Waals surface area contributed by atoms with Crippen LogP contribution in [0.5, 0.6) is 29.4 Å². The predicted molar refractivity (Wildman–Crippen MR) is 272 cm³/mol. The molecule has 41 heteroatoms. The molecule has 12 aromatic rings. The van der Waals surface area contributed by atoms with E-state index in [-0.39, 0.29) is 85.1 Å². The summed E-state index contributed by atoms with van der Waals surface area (Å²) in [4.78, 5) is 47.6. The molecule has 0 aromatic carbocycles. The second-order valence-electron chi connectivity index (χ2n) is 16.1. The Kier molecular flexibility index (Phi) is 15.5. The maximum Gasteiger partial charge on any atom is 0.370 e. The Balaban J connectivity index is 0.000000140. The molecule has 0 spiro atoms. The maximum atomic E-state index is 12.0. The summed E-state index contributed by atoms with van der Waals surface area (Å²) in [7, 11) is 5.85. The van der Waals surface area contributed by atoms with E-state index in [2.05, 4.69) is 95.2 Å². The molecule has 41 nitrogen and oxygen atoms in total. The van der Waals surface area contributed by atoms with Gasteiger partial charge in [-0.25, -0.2) is 19.2 Å². The quantitative estimate of drug-likeness (QED) is 0.0659. The van der Waals surface area contributed by atoms with E-state index in [1.54, 1.807) is 19.9 Å². The topological polar surface area (TPSA) is 476 Å². The van der Waals surface area contributed by atoms with Crippen molar-refractivity contribution in [3.8, 4) is 65.3 Å². The first kappa shape index (κ1) is 50.9. The molecular formula is C43H44N28O13. The lowest BCUT2D eigenvalue weighted by atomic mass is 10.2. The van der Waals surface area contributed by atoms with Gasteiger partial charge in [0, 0.05) is 77.2 Å². The van der Waals surface area contributed by atoms with Gasteiger partial charge in [0.05, 0.1) is 29.0 Å². The molecule has 0 aliphatic carbocycles. The fourth-order valence-corrected chi connectivity index (χ4v) is 6.56. The van der Waals surface area contributed by atoms with E-state index in [1.807, 2.05) is 0 Å². The van der Waals surface area contributed by atoms with Crippen LogP contribution in [0.15, 0.2) is 92.9 Å². The molecule has 0 saturated carbocycles. The monoisotopic (exact) mass is 1170 g/mol. The van der Waals surface area contributed by atoms with Crippen LogP contribution >= 0.6 is 0 Å². The van der Waals surface area contributed by atoms with Crippen molar-refractivity contribution in [3.63, 3.8) is 0 Å². The summed E-state index contributed by atoms with van der Waals surface area (Å²) in [6, 6.07) is 6.10. The standard InChI is InChI=1S/C11H13N7O4.C11H11N7O3.C11H9N7O3.C10H11N7O3/c1-3-20-9-7(6-21-8-4-5-12-13-8)10(22-14-9)18-11(19)17(2)15-16-18;2*1-3-8-7(6-20-9-4-5-12-13-9)10(21-14-8)18-11(19)17(2)15-16-18;1-6-7(5-19-8-3-4-11-12-8)9(20-13-6)17-10(18)16(2)14-15-17/h4-5H,3,6H2,1-2H3,(H,12,13);3-5H,1,6H2,2H3,(H,12,13);1,4-5H,6H2,2H3,(H,12,13);3-4H,5H2,1-2H3,(H,11,12)/i/hT4. The summed E-state index contributed by atoms with van der Waals surface area (Å²) in [5.41, 5.74) is 0.958. The van der Waals surface area contributed by atoms with Crippen LogP contribution in [-0.2, 0) is 54.6 Å². The summed E-state index contributed by atoms with van der Waals surface area (Å²) >= 11 is 0. The maximum absolute atomic E-state index is 12.0. The van der Waals surface area contributed by atoms with E-state index in [4.69, 9.17) is 53.8 Å². The van der Waals surface area contributed by atoms with Crippen molar-refractivity contribution in [2.24, 2.45) is 28.2 Å². The average molecular weight is 1170 g/mol. The summed E-state index contributed by atoms with van der Waals surface area (Å²) < 4.78 is 84.7. The highest BCUT2D eigenvalue weighted by Crippen LogP contribution is 2.26. The van der Waals surface area contributed by atoms with Gasteiger partial charge in [-0.05, 0) is 72.7 Å². The van der Waals surface area contributed by atoms with E-state index >= 15 is 0 Å². The number of hydrogen-bond donors (Lipinski definition) is 4. The third-order valence-corrected chi connectivity index (χ3v) is 10.7. The third-order valence-electron chi connectivity index (χ3n) is 10.7. The molecule has 0 amide bonds. The van der Waals surface area contributed by atoms with Crippen LogP contribution in [-0.4, -0.2) is 147 Å². The first-order valence-corrected chi connectivity index (χ1v) is 23.7. The average Bonchev–Trinajstić information content (AvgIpc) is 3.05. The van der Waals surface area contributed by atoms with Gasteiger partial charge in [0.1, 0.15) is 37.7 Å². The fourth-order valence-electron chi connectivity index (χ4n) is 6.56. The van der Waals surface area contributed by atoms with Gasteiger partial charge in [-0.2, -0.15) is 18.7 Å². The Hall–Kier alpha value is -12.5. The van der Waals surface area contributed by atoms with Crippen LogP contribution < -0.4 is 46.4 Å². The summed E-state index contributed by atoms with van der Waals surface area (Å²) in [5.74, 6) is 3.83. The van der Waals surface area contributed by atoms with Gasteiger partial charge in [0.2, 0.25) is 23.5 Å².